The number of piperidine rings is 1. The smallest absolute Gasteiger partial charge is 0.246 e. The lowest BCUT2D eigenvalue weighted by Gasteiger charge is -2.65. The van der Waals surface area contributed by atoms with Crippen molar-refractivity contribution in [3.63, 3.8) is 0 Å². The molecule has 1 saturated heterocycles. The molecule has 1 spiro atoms. The number of hydrogen-bond acceptors (Lipinski definition) is 4. The zero-order valence-corrected chi connectivity index (χ0v) is 23.6. The summed E-state index contributed by atoms with van der Waals surface area (Å²) in [7, 11) is 0. The van der Waals surface area contributed by atoms with Crippen LogP contribution in [0.4, 0.5) is 0 Å². The van der Waals surface area contributed by atoms with E-state index in [9.17, 15) is 9.90 Å². The van der Waals surface area contributed by atoms with Gasteiger partial charge in [-0.15, -0.1) is 0 Å². The molecule has 3 fully saturated rings. The largest absolute Gasteiger partial charge is 0.487 e. The highest BCUT2D eigenvalue weighted by Gasteiger charge is 2.73. The Morgan fingerprint density at radius 2 is 2.00 bits per heavy atom. The molecule has 2 aromatic carbocycles. The number of ether oxygens (including phenoxy) is 1. The van der Waals surface area contributed by atoms with E-state index >= 15 is 0 Å². The predicted molar refractivity (Wildman–Crippen MR) is 154 cm³/mol. The number of aryl methyl sites for hydroxylation is 1. The zero-order valence-electron chi connectivity index (χ0n) is 23.6. The fourth-order valence-electron chi connectivity index (χ4n) is 8.56. The standard InChI is InChI=1S/C34H42N2O3/c1-22(2)20-36(30(37)13-12-24-7-4-6-23(3)18-24)27-14-15-34(38)29-19-26-8-5-9-28-31(26)33(34,32(27)39-28)16-17-35(29)21-25-10-11-25/h4-9,12-13,18,22,25,27,29,32,38H,10-11,14-17,19-21H2,1-3H3/b13-12+/t27?,29-,32?,33+,34-/m1/s1. The number of hydrogen-bond donors (Lipinski definition) is 1. The molecule has 2 aliphatic heterocycles. The molecule has 206 valence electrons. The summed E-state index contributed by atoms with van der Waals surface area (Å²) in [5.74, 6) is 2.10. The van der Waals surface area contributed by atoms with Crippen LogP contribution < -0.4 is 4.74 Å². The maximum Gasteiger partial charge on any atom is 0.246 e. The van der Waals surface area contributed by atoms with Gasteiger partial charge in [0.2, 0.25) is 5.91 Å². The Bertz CT molecular complexity index is 1320. The van der Waals surface area contributed by atoms with Gasteiger partial charge in [0.25, 0.3) is 0 Å². The Balaban J connectivity index is 1.26. The van der Waals surface area contributed by atoms with Crippen molar-refractivity contribution in [2.75, 3.05) is 19.6 Å². The molecule has 2 unspecified atom stereocenters. The first-order chi connectivity index (χ1) is 18.8. The van der Waals surface area contributed by atoms with Crippen LogP contribution in [-0.4, -0.2) is 64.2 Å². The summed E-state index contributed by atoms with van der Waals surface area (Å²) in [5.41, 5.74) is 3.52. The molecule has 5 atom stereocenters. The summed E-state index contributed by atoms with van der Waals surface area (Å²) >= 11 is 0. The Kier molecular flexibility index (Phi) is 5.98. The third-order valence-electron chi connectivity index (χ3n) is 10.3. The van der Waals surface area contributed by atoms with Gasteiger partial charge in [0.15, 0.2) is 0 Å². The molecule has 2 heterocycles. The molecule has 5 aliphatic rings. The third kappa shape index (κ3) is 3.91. The van der Waals surface area contributed by atoms with E-state index in [2.05, 4.69) is 60.9 Å². The van der Waals surface area contributed by atoms with E-state index in [4.69, 9.17) is 4.74 Å². The van der Waals surface area contributed by atoms with Crippen LogP contribution in [0.2, 0.25) is 0 Å². The van der Waals surface area contributed by atoms with E-state index in [0.29, 0.717) is 18.9 Å². The third-order valence-corrected chi connectivity index (χ3v) is 10.3. The molecule has 1 amide bonds. The molecule has 5 nitrogen and oxygen atoms in total. The van der Waals surface area contributed by atoms with Gasteiger partial charge in [0, 0.05) is 30.8 Å². The summed E-state index contributed by atoms with van der Waals surface area (Å²) in [5, 5.41) is 12.8. The van der Waals surface area contributed by atoms with Crippen LogP contribution in [0.25, 0.3) is 6.08 Å². The summed E-state index contributed by atoms with van der Waals surface area (Å²) in [6, 6.07) is 14.8. The van der Waals surface area contributed by atoms with Crippen molar-refractivity contribution in [1.29, 1.82) is 0 Å². The van der Waals surface area contributed by atoms with Gasteiger partial charge < -0.3 is 14.7 Å². The van der Waals surface area contributed by atoms with Crippen molar-refractivity contribution in [3.05, 3.63) is 70.8 Å². The SMILES string of the molecule is Cc1cccc(/C=C/C(=O)N(CC(C)C)C2CC[C@@]3(O)[C@H]4Cc5cccc6c5[C@@]3(CCN4CC3CC3)C2O6)c1. The number of carbonyl (C=O) groups is 1. The second kappa shape index (κ2) is 9.21. The normalized spacial score (nSPS) is 32.8. The Morgan fingerprint density at radius 3 is 2.77 bits per heavy atom. The summed E-state index contributed by atoms with van der Waals surface area (Å²) in [4.78, 5) is 18.6. The summed E-state index contributed by atoms with van der Waals surface area (Å²) in [6.45, 7) is 9.21. The van der Waals surface area contributed by atoms with Crippen molar-refractivity contribution in [3.8, 4) is 5.75 Å². The lowest BCUT2D eigenvalue weighted by Crippen LogP contribution is -2.78. The fraction of sp³-hybridized carbons (Fsp3) is 0.559. The number of carbonyl (C=O) groups excluding carboxylic acids is 1. The average molecular weight is 527 g/mol. The minimum absolute atomic E-state index is 0.0374. The maximum absolute atomic E-state index is 13.9. The van der Waals surface area contributed by atoms with Crippen molar-refractivity contribution in [2.45, 2.75) is 88.5 Å². The number of amides is 1. The van der Waals surface area contributed by atoms with Crippen LogP contribution in [0.15, 0.2) is 48.5 Å². The van der Waals surface area contributed by atoms with Crippen LogP contribution in [0.5, 0.6) is 5.75 Å². The second-order valence-electron chi connectivity index (χ2n) is 13.4. The highest BCUT2D eigenvalue weighted by molar-refractivity contribution is 5.92. The lowest BCUT2D eigenvalue weighted by molar-refractivity contribution is -0.201. The predicted octanol–water partition coefficient (Wildman–Crippen LogP) is 5.13. The molecule has 2 bridgehead atoms. The van der Waals surface area contributed by atoms with Gasteiger partial charge in [0.1, 0.15) is 11.9 Å². The van der Waals surface area contributed by atoms with Gasteiger partial charge in [-0.05, 0) is 87.1 Å². The quantitative estimate of drug-likeness (QED) is 0.509. The van der Waals surface area contributed by atoms with Gasteiger partial charge in [-0.25, -0.2) is 0 Å². The fourth-order valence-corrected chi connectivity index (χ4v) is 8.56. The highest BCUT2D eigenvalue weighted by atomic mass is 16.5. The minimum atomic E-state index is -0.829. The van der Waals surface area contributed by atoms with Crippen molar-refractivity contribution < 1.29 is 14.6 Å². The topological polar surface area (TPSA) is 53.0 Å². The van der Waals surface area contributed by atoms with E-state index in [1.807, 2.05) is 18.2 Å². The molecule has 7 rings (SSSR count). The van der Waals surface area contributed by atoms with Crippen LogP contribution in [-0.2, 0) is 16.6 Å². The van der Waals surface area contributed by atoms with E-state index in [0.717, 1.165) is 49.6 Å². The average Bonchev–Trinajstić information content (AvgIpc) is 3.65. The first kappa shape index (κ1) is 25.3. The van der Waals surface area contributed by atoms with Crippen LogP contribution in [0.3, 0.4) is 0 Å². The zero-order chi connectivity index (χ0) is 26.9. The van der Waals surface area contributed by atoms with Gasteiger partial charge in [-0.1, -0.05) is 55.8 Å². The Morgan fingerprint density at radius 1 is 1.18 bits per heavy atom. The van der Waals surface area contributed by atoms with Crippen molar-refractivity contribution in [1.82, 2.24) is 9.80 Å². The van der Waals surface area contributed by atoms with Gasteiger partial charge in [0.05, 0.1) is 17.1 Å². The molecule has 0 radical (unpaired) electrons. The van der Waals surface area contributed by atoms with Gasteiger partial charge >= 0.3 is 0 Å². The maximum atomic E-state index is 13.9. The van der Waals surface area contributed by atoms with Gasteiger partial charge in [-0.2, -0.15) is 0 Å². The minimum Gasteiger partial charge on any atom is -0.487 e. The molecule has 2 aromatic rings. The lowest BCUT2D eigenvalue weighted by atomic mass is 9.48. The van der Waals surface area contributed by atoms with E-state index in [1.165, 1.54) is 29.5 Å². The van der Waals surface area contributed by atoms with E-state index in [1.54, 1.807) is 6.08 Å². The second-order valence-corrected chi connectivity index (χ2v) is 13.4. The van der Waals surface area contributed by atoms with E-state index < -0.39 is 11.0 Å². The Labute approximate surface area is 232 Å². The monoisotopic (exact) mass is 526 g/mol. The number of likely N-dealkylation sites (tertiary alicyclic amines) is 1. The van der Waals surface area contributed by atoms with Crippen LogP contribution >= 0.6 is 0 Å². The molecular formula is C34H42N2O3. The number of rotatable bonds is 7. The van der Waals surface area contributed by atoms with Crippen LogP contribution in [0, 0.1) is 18.8 Å². The molecule has 0 aromatic heterocycles. The number of nitrogens with zero attached hydrogens (tertiary/aromatic N) is 2. The van der Waals surface area contributed by atoms with Gasteiger partial charge in [-0.3, -0.25) is 9.69 Å². The molecule has 2 saturated carbocycles. The number of benzene rings is 2. The Hall–Kier alpha value is -2.63. The molecular weight excluding hydrogens is 484 g/mol. The first-order valence-corrected chi connectivity index (χ1v) is 15.1. The molecule has 1 N–H and O–H groups in total. The highest BCUT2D eigenvalue weighted by Crippen LogP contribution is 2.64. The molecule has 5 heteroatoms. The molecule has 3 aliphatic carbocycles. The van der Waals surface area contributed by atoms with Crippen molar-refractivity contribution >= 4 is 12.0 Å². The summed E-state index contributed by atoms with van der Waals surface area (Å²) < 4.78 is 6.88. The summed E-state index contributed by atoms with van der Waals surface area (Å²) in [6.07, 6.45) is 9.35. The first-order valence-electron chi connectivity index (χ1n) is 15.1. The number of aliphatic hydroxyl groups is 1. The van der Waals surface area contributed by atoms with Crippen molar-refractivity contribution in [2.24, 2.45) is 11.8 Å². The van der Waals surface area contributed by atoms with E-state index in [-0.39, 0.29) is 24.1 Å². The molecule has 39 heavy (non-hydrogen) atoms. The van der Waals surface area contributed by atoms with Crippen LogP contribution in [0.1, 0.15) is 68.2 Å².